The van der Waals surface area contributed by atoms with Crippen LogP contribution in [0.4, 0.5) is 0 Å². The van der Waals surface area contributed by atoms with Crippen molar-refractivity contribution in [2.45, 2.75) is 20.3 Å². The van der Waals surface area contributed by atoms with Gasteiger partial charge in [0.1, 0.15) is 0 Å². The standard InChI is InChI=1S/C14H15NO3/c1-4-9-7-10-5-6-11(14(17)18-3)8(2)12(10)15-13(9)16/h5-7H,4H2,1-3H3,(H,15,16). The maximum absolute atomic E-state index is 11.8. The van der Waals surface area contributed by atoms with Crippen LogP contribution in [-0.4, -0.2) is 18.1 Å². The molecule has 2 aromatic rings. The lowest BCUT2D eigenvalue weighted by Gasteiger charge is -2.08. The van der Waals surface area contributed by atoms with E-state index in [2.05, 4.69) is 4.98 Å². The number of hydrogen-bond donors (Lipinski definition) is 1. The summed E-state index contributed by atoms with van der Waals surface area (Å²) >= 11 is 0. The first-order valence-corrected chi connectivity index (χ1v) is 5.82. The number of ether oxygens (including phenoxy) is 1. The molecule has 0 aliphatic rings. The Labute approximate surface area is 105 Å². The molecule has 4 nitrogen and oxygen atoms in total. The Kier molecular flexibility index (Phi) is 3.19. The zero-order valence-electron chi connectivity index (χ0n) is 10.7. The molecule has 0 atom stereocenters. The second-order valence-corrected chi connectivity index (χ2v) is 4.17. The predicted octanol–water partition coefficient (Wildman–Crippen LogP) is 2.19. The molecule has 1 N–H and O–H groups in total. The summed E-state index contributed by atoms with van der Waals surface area (Å²) in [6.45, 7) is 3.74. The molecule has 94 valence electrons. The summed E-state index contributed by atoms with van der Waals surface area (Å²) in [6.07, 6.45) is 0.684. The lowest BCUT2D eigenvalue weighted by Crippen LogP contribution is -2.13. The summed E-state index contributed by atoms with van der Waals surface area (Å²) in [6, 6.07) is 5.41. The van der Waals surface area contributed by atoms with E-state index in [-0.39, 0.29) is 5.56 Å². The number of aryl methyl sites for hydroxylation is 2. The maximum atomic E-state index is 11.8. The SMILES string of the molecule is CCc1cc2ccc(C(=O)OC)c(C)c2[nH]c1=O. The highest BCUT2D eigenvalue weighted by molar-refractivity contribution is 5.97. The first-order valence-electron chi connectivity index (χ1n) is 5.82. The molecule has 0 fully saturated rings. The van der Waals surface area contributed by atoms with Crippen LogP contribution < -0.4 is 5.56 Å². The normalized spacial score (nSPS) is 10.6. The second-order valence-electron chi connectivity index (χ2n) is 4.17. The molecule has 18 heavy (non-hydrogen) atoms. The van der Waals surface area contributed by atoms with E-state index in [0.717, 1.165) is 16.5 Å². The molecular weight excluding hydrogens is 230 g/mol. The molecule has 1 aromatic carbocycles. The Morgan fingerprint density at radius 2 is 2.11 bits per heavy atom. The number of pyridine rings is 1. The Morgan fingerprint density at radius 3 is 2.72 bits per heavy atom. The van der Waals surface area contributed by atoms with E-state index < -0.39 is 5.97 Å². The number of esters is 1. The number of aromatic nitrogens is 1. The third kappa shape index (κ3) is 1.90. The lowest BCUT2D eigenvalue weighted by molar-refractivity contribution is 0.0600. The van der Waals surface area contributed by atoms with Gasteiger partial charge in [-0.05, 0) is 36.4 Å². The quantitative estimate of drug-likeness (QED) is 0.825. The van der Waals surface area contributed by atoms with Gasteiger partial charge >= 0.3 is 5.97 Å². The summed E-state index contributed by atoms with van der Waals surface area (Å²) < 4.78 is 4.71. The van der Waals surface area contributed by atoms with Crippen molar-refractivity contribution in [3.8, 4) is 0 Å². The van der Waals surface area contributed by atoms with Gasteiger partial charge in [0.15, 0.2) is 0 Å². The van der Waals surface area contributed by atoms with Crippen molar-refractivity contribution >= 4 is 16.9 Å². The second kappa shape index (κ2) is 4.64. The smallest absolute Gasteiger partial charge is 0.338 e. The van der Waals surface area contributed by atoms with E-state index in [1.165, 1.54) is 7.11 Å². The zero-order chi connectivity index (χ0) is 13.3. The van der Waals surface area contributed by atoms with Crippen molar-refractivity contribution in [3.05, 3.63) is 45.2 Å². The minimum Gasteiger partial charge on any atom is -0.465 e. The van der Waals surface area contributed by atoms with Gasteiger partial charge in [-0.1, -0.05) is 13.0 Å². The van der Waals surface area contributed by atoms with Gasteiger partial charge < -0.3 is 9.72 Å². The fraction of sp³-hybridized carbons (Fsp3) is 0.286. The summed E-state index contributed by atoms with van der Waals surface area (Å²) in [5, 5.41) is 0.927. The molecule has 0 bridgehead atoms. The zero-order valence-corrected chi connectivity index (χ0v) is 10.7. The highest BCUT2D eigenvalue weighted by atomic mass is 16.5. The molecule has 0 aliphatic carbocycles. The summed E-state index contributed by atoms with van der Waals surface area (Å²) in [5.41, 5.74) is 2.55. The van der Waals surface area contributed by atoms with E-state index in [1.807, 2.05) is 19.1 Å². The first-order chi connectivity index (χ1) is 8.58. The van der Waals surface area contributed by atoms with Crippen molar-refractivity contribution in [2.24, 2.45) is 0 Å². The number of methoxy groups -OCH3 is 1. The van der Waals surface area contributed by atoms with Crippen LogP contribution in [0.15, 0.2) is 23.0 Å². The van der Waals surface area contributed by atoms with Gasteiger partial charge in [-0.25, -0.2) is 4.79 Å². The fourth-order valence-corrected chi connectivity index (χ4v) is 2.06. The molecule has 0 saturated heterocycles. The van der Waals surface area contributed by atoms with E-state index in [9.17, 15) is 9.59 Å². The van der Waals surface area contributed by atoms with Crippen LogP contribution in [0.25, 0.3) is 10.9 Å². The van der Waals surface area contributed by atoms with Gasteiger partial charge in [0, 0.05) is 5.56 Å². The molecule has 1 aromatic heterocycles. The number of rotatable bonds is 2. The third-order valence-electron chi connectivity index (χ3n) is 3.14. The van der Waals surface area contributed by atoms with Gasteiger partial charge in [-0.15, -0.1) is 0 Å². The molecule has 4 heteroatoms. The minimum absolute atomic E-state index is 0.102. The molecule has 1 heterocycles. The van der Waals surface area contributed by atoms with Crippen LogP contribution in [0.1, 0.15) is 28.4 Å². The molecule has 0 radical (unpaired) electrons. The maximum Gasteiger partial charge on any atom is 0.338 e. The number of carbonyl (C=O) groups is 1. The average molecular weight is 245 g/mol. The van der Waals surface area contributed by atoms with Crippen molar-refractivity contribution in [1.29, 1.82) is 0 Å². The monoisotopic (exact) mass is 245 g/mol. The molecule has 2 rings (SSSR count). The van der Waals surface area contributed by atoms with Crippen molar-refractivity contribution in [1.82, 2.24) is 4.98 Å². The molecule has 0 saturated carbocycles. The van der Waals surface area contributed by atoms with Gasteiger partial charge in [0.25, 0.3) is 5.56 Å². The number of H-pyrrole nitrogens is 1. The molecular formula is C14H15NO3. The van der Waals surface area contributed by atoms with Crippen molar-refractivity contribution < 1.29 is 9.53 Å². The topological polar surface area (TPSA) is 59.2 Å². The molecule has 0 amide bonds. The average Bonchev–Trinajstić information content (AvgIpc) is 2.38. The lowest BCUT2D eigenvalue weighted by atomic mass is 10.0. The van der Waals surface area contributed by atoms with E-state index >= 15 is 0 Å². The Balaban J connectivity index is 2.75. The Bertz CT molecular complexity index is 671. The largest absolute Gasteiger partial charge is 0.465 e. The van der Waals surface area contributed by atoms with E-state index in [4.69, 9.17) is 4.74 Å². The number of nitrogens with one attached hydrogen (secondary N) is 1. The number of aromatic amines is 1. The number of fused-ring (bicyclic) bond motifs is 1. The summed E-state index contributed by atoms with van der Waals surface area (Å²) in [7, 11) is 1.34. The fourth-order valence-electron chi connectivity index (χ4n) is 2.06. The third-order valence-corrected chi connectivity index (χ3v) is 3.14. The molecule has 0 spiro atoms. The van der Waals surface area contributed by atoms with Crippen LogP contribution in [0.2, 0.25) is 0 Å². The van der Waals surface area contributed by atoms with Crippen molar-refractivity contribution in [3.63, 3.8) is 0 Å². The highest BCUT2D eigenvalue weighted by Gasteiger charge is 2.12. The van der Waals surface area contributed by atoms with E-state index in [0.29, 0.717) is 17.5 Å². The number of benzene rings is 1. The van der Waals surface area contributed by atoms with Gasteiger partial charge in [-0.2, -0.15) is 0 Å². The van der Waals surface area contributed by atoms with Crippen LogP contribution >= 0.6 is 0 Å². The van der Waals surface area contributed by atoms with Crippen LogP contribution in [-0.2, 0) is 11.2 Å². The minimum atomic E-state index is -0.394. The number of hydrogen-bond acceptors (Lipinski definition) is 3. The molecule has 0 aliphatic heterocycles. The first kappa shape index (κ1) is 12.4. The molecule has 0 unspecified atom stereocenters. The Hall–Kier alpha value is -2.10. The summed E-state index contributed by atoms with van der Waals surface area (Å²) in [4.78, 5) is 26.2. The number of carbonyl (C=O) groups excluding carboxylic acids is 1. The highest BCUT2D eigenvalue weighted by Crippen LogP contribution is 2.20. The van der Waals surface area contributed by atoms with Gasteiger partial charge in [0.2, 0.25) is 0 Å². The van der Waals surface area contributed by atoms with Crippen LogP contribution in [0.3, 0.4) is 0 Å². The predicted molar refractivity (Wildman–Crippen MR) is 70.0 cm³/mol. The Morgan fingerprint density at radius 1 is 1.39 bits per heavy atom. The van der Waals surface area contributed by atoms with Crippen LogP contribution in [0, 0.1) is 6.92 Å². The van der Waals surface area contributed by atoms with Crippen LogP contribution in [0.5, 0.6) is 0 Å². The summed E-state index contributed by atoms with van der Waals surface area (Å²) in [5.74, 6) is -0.394. The van der Waals surface area contributed by atoms with Gasteiger partial charge in [0.05, 0.1) is 18.2 Å². The van der Waals surface area contributed by atoms with Crippen molar-refractivity contribution in [2.75, 3.05) is 7.11 Å². The van der Waals surface area contributed by atoms with E-state index in [1.54, 1.807) is 13.0 Å². The van der Waals surface area contributed by atoms with Gasteiger partial charge in [-0.3, -0.25) is 4.79 Å².